The number of hydrogen-bond acceptors (Lipinski definition) is 4. The van der Waals surface area contributed by atoms with Crippen LogP contribution in [0.5, 0.6) is 0 Å². The summed E-state index contributed by atoms with van der Waals surface area (Å²) in [5.74, 6) is 1.37. The first-order valence-corrected chi connectivity index (χ1v) is 8.83. The number of carbonyl (C=O) groups excluding carboxylic acids is 1. The molecule has 3 heterocycles. The van der Waals surface area contributed by atoms with Crippen molar-refractivity contribution < 1.29 is 4.79 Å². The summed E-state index contributed by atoms with van der Waals surface area (Å²) in [6.45, 7) is 5.40. The third-order valence-corrected chi connectivity index (χ3v) is 4.45. The Hall–Kier alpha value is -3.02. The Bertz CT molecular complexity index is 933. The van der Waals surface area contributed by atoms with Crippen LogP contribution in [0, 0.1) is 5.92 Å². The Balaban J connectivity index is 1.54. The van der Waals surface area contributed by atoms with Gasteiger partial charge in [0.05, 0.1) is 17.9 Å². The smallest absolute Gasteiger partial charge is 0.254 e. The monoisotopic (exact) mass is 347 g/mol. The third-order valence-electron chi connectivity index (χ3n) is 4.45. The predicted octanol–water partition coefficient (Wildman–Crippen LogP) is 3.02. The van der Waals surface area contributed by atoms with Crippen LogP contribution in [-0.4, -0.2) is 30.6 Å². The van der Waals surface area contributed by atoms with Crippen molar-refractivity contribution in [2.45, 2.75) is 33.4 Å². The van der Waals surface area contributed by atoms with E-state index in [0.717, 1.165) is 29.2 Å². The fourth-order valence-electron chi connectivity index (χ4n) is 3.19. The normalized spacial score (nSPS) is 13.3. The van der Waals surface area contributed by atoms with Crippen molar-refractivity contribution >= 4 is 5.91 Å². The van der Waals surface area contributed by atoms with Crippen molar-refractivity contribution in [2.24, 2.45) is 5.92 Å². The van der Waals surface area contributed by atoms with Crippen molar-refractivity contribution in [1.29, 1.82) is 0 Å². The zero-order valence-electron chi connectivity index (χ0n) is 15.0. The van der Waals surface area contributed by atoms with Crippen LogP contribution >= 0.6 is 0 Å². The molecule has 4 rings (SSSR count). The maximum absolute atomic E-state index is 12.9. The Kier molecular flexibility index (Phi) is 4.24. The van der Waals surface area contributed by atoms with E-state index in [4.69, 9.17) is 0 Å². The van der Waals surface area contributed by atoms with Crippen molar-refractivity contribution in [3.8, 4) is 5.69 Å². The van der Waals surface area contributed by atoms with Crippen LogP contribution in [0.4, 0.5) is 0 Å². The van der Waals surface area contributed by atoms with E-state index in [0.29, 0.717) is 24.6 Å². The number of benzene rings is 1. The Morgan fingerprint density at radius 3 is 2.88 bits per heavy atom. The molecule has 2 aromatic heterocycles. The molecule has 0 spiro atoms. The molecule has 1 aliphatic heterocycles. The van der Waals surface area contributed by atoms with Crippen molar-refractivity contribution in [1.82, 2.24) is 24.6 Å². The van der Waals surface area contributed by atoms with Gasteiger partial charge in [-0.15, -0.1) is 0 Å². The molecular weight excluding hydrogens is 326 g/mol. The number of rotatable bonds is 4. The van der Waals surface area contributed by atoms with Crippen LogP contribution in [0.3, 0.4) is 0 Å². The van der Waals surface area contributed by atoms with Crippen LogP contribution in [-0.2, 0) is 19.5 Å². The Labute approximate surface area is 152 Å². The highest BCUT2D eigenvalue weighted by Gasteiger charge is 2.26. The molecule has 1 aliphatic rings. The van der Waals surface area contributed by atoms with E-state index in [9.17, 15) is 4.79 Å². The number of hydrogen-bond donors (Lipinski definition) is 0. The molecule has 0 aliphatic carbocycles. The van der Waals surface area contributed by atoms with Crippen LogP contribution < -0.4 is 0 Å². The van der Waals surface area contributed by atoms with Crippen molar-refractivity contribution in [3.63, 3.8) is 0 Å². The molecule has 0 fully saturated rings. The van der Waals surface area contributed by atoms with Gasteiger partial charge in [0.2, 0.25) is 0 Å². The lowest BCUT2D eigenvalue weighted by Crippen LogP contribution is -2.25. The van der Waals surface area contributed by atoms with E-state index in [1.165, 1.54) is 0 Å². The molecule has 0 atom stereocenters. The summed E-state index contributed by atoms with van der Waals surface area (Å²) in [6, 6.07) is 9.39. The average Bonchev–Trinajstić information content (AvgIpc) is 3.30. The fraction of sp³-hybridized carbons (Fsp3) is 0.300. The molecule has 0 radical (unpaired) electrons. The fourth-order valence-corrected chi connectivity index (χ4v) is 3.19. The largest absolute Gasteiger partial charge is 0.328 e. The standard InChI is InChI=1S/C20H21N5O/c1-14(2)9-19-21-11-16-12-24(13-18(16)23-19)20(26)15-5-3-6-17(10-15)25-8-4-7-22-25/h3-8,10-11,14H,9,12-13H2,1-2H3. The van der Waals surface area contributed by atoms with Gasteiger partial charge in [-0.3, -0.25) is 4.79 Å². The van der Waals surface area contributed by atoms with Crippen LogP contribution in [0.1, 0.15) is 41.3 Å². The third kappa shape index (κ3) is 3.22. The first kappa shape index (κ1) is 16.4. The van der Waals surface area contributed by atoms with E-state index >= 15 is 0 Å². The molecule has 132 valence electrons. The molecule has 0 unspecified atom stereocenters. The minimum Gasteiger partial charge on any atom is -0.328 e. The molecule has 6 heteroatoms. The number of nitrogens with zero attached hydrogens (tertiary/aromatic N) is 5. The maximum atomic E-state index is 12.9. The van der Waals surface area contributed by atoms with Gasteiger partial charge < -0.3 is 4.90 Å². The summed E-state index contributed by atoms with van der Waals surface area (Å²) in [7, 11) is 0. The van der Waals surface area contributed by atoms with Gasteiger partial charge in [0.1, 0.15) is 5.82 Å². The summed E-state index contributed by atoms with van der Waals surface area (Å²) in [5.41, 5.74) is 3.53. The summed E-state index contributed by atoms with van der Waals surface area (Å²) in [5, 5.41) is 4.22. The SMILES string of the molecule is CC(C)Cc1ncc2c(n1)CN(C(=O)c1cccc(-n3cccn3)c1)C2. The van der Waals surface area contributed by atoms with Crippen molar-refractivity contribution in [3.05, 3.63) is 71.6 Å². The number of aromatic nitrogens is 4. The van der Waals surface area contributed by atoms with Gasteiger partial charge in [-0.2, -0.15) is 5.10 Å². The zero-order valence-corrected chi connectivity index (χ0v) is 15.0. The maximum Gasteiger partial charge on any atom is 0.254 e. The van der Waals surface area contributed by atoms with E-state index in [2.05, 4.69) is 28.9 Å². The number of carbonyl (C=O) groups is 1. The highest BCUT2D eigenvalue weighted by molar-refractivity contribution is 5.95. The lowest BCUT2D eigenvalue weighted by molar-refractivity contribution is 0.0750. The van der Waals surface area contributed by atoms with Gasteiger partial charge in [-0.05, 0) is 30.2 Å². The summed E-state index contributed by atoms with van der Waals surface area (Å²) in [6.07, 6.45) is 6.31. The topological polar surface area (TPSA) is 63.9 Å². The average molecular weight is 347 g/mol. The first-order chi connectivity index (χ1) is 12.6. The molecule has 0 saturated heterocycles. The highest BCUT2D eigenvalue weighted by Crippen LogP contribution is 2.23. The molecule has 0 N–H and O–H groups in total. The molecule has 3 aromatic rings. The lowest BCUT2D eigenvalue weighted by Gasteiger charge is -2.15. The Morgan fingerprint density at radius 1 is 1.23 bits per heavy atom. The quantitative estimate of drug-likeness (QED) is 0.728. The second kappa shape index (κ2) is 6.71. The minimum absolute atomic E-state index is 0.00224. The molecule has 0 bridgehead atoms. The molecular formula is C20H21N5O. The van der Waals surface area contributed by atoms with Gasteiger partial charge in [-0.25, -0.2) is 14.6 Å². The number of fused-ring (bicyclic) bond motifs is 1. The number of amides is 1. The van der Waals surface area contributed by atoms with Gasteiger partial charge in [0.15, 0.2) is 0 Å². The summed E-state index contributed by atoms with van der Waals surface area (Å²) >= 11 is 0. The van der Waals surface area contributed by atoms with Crippen LogP contribution in [0.2, 0.25) is 0 Å². The van der Waals surface area contributed by atoms with E-state index in [-0.39, 0.29) is 5.91 Å². The van der Waals surface area contributed by atoms with E-state index in [1.807, 2.05) is 47.6 Å². The molecule has 1 amide bonds. The van der Waals surface area contributed by atoms with Crippen LogP contribution in [0.15, 0.2) is 48.9 Å². The summed E-state index contributed by atoms with van der Waals surface area (Å²) < 4.78 is 1.75. The van der Waals surface area contributed by atoms with E-state index < -0.39 is 0 Å². The van der Waals surface area contributed by atoms with Crippen molar-refractivity contribution in [2.75, 3.05) is 0 Å². The summed E-state index contributed by atoms with van der Waals surface area (Å²) in [4.78, 5) is 23.9. The molecule has 0 saturated carbocycles. The van der Waals surface area contributed by atoms with Gasteiger partial charge >= 0.3 is 0 Å². The predicted molar refractivity (Wildman–Crippen MR) is 97.7 cm³/mol. The van der Waals surface area contributed by atoms with Gasteiger partial charge in [0, 0.05) is 42.7 Å². The van der Waals surface area contributed by atoms with Gasteiger partial charge in [-0.1, -0.05) is 19.9 Å². The minimum atomic E-state index is 0.00224. The second-order valence-electron chi connectivity index (χ2n) is 7.02. The van der Waals surface area contributed by atoms with Gasteiger partial charge in [0.25, 0.3) is 5.91 Å². The molecule has 26 heavy (non-hydrogen) atoms. The Morgan fingerprint density at radius 2 is 2.12 bits per heavy atom. The zero-order chi connectivity index (χ0) is 18.1. The lowest BCUT2D eigenvalue weighted by atomic mass is 10.1. The van der Waals surface area contributed by atoms with E-state index in [1.54, 1.807) is 10.9 Å². The molecule has 6 nitrogen and oxygen atoms in total. The second-order valence-corrected chi connectivity index (χ2v) is 7.02. The first-order valence-electron chi connectivity index (χ1n) is 8.83. The highest BCUT2D eigenvalue weighted by atomic mass is 16.2. The van der Waals surface area contributed by atoms with Crippen LogP contribution in [0.25, 0.3) is 5.69 Å². The molecule has 1 aromatic carbocycles.